The second-order valence-electron chi connectivity index (χ2n) is 7.74. The lowest BCUT2D eigenvalue weighted by Crippen LogP contribution is -2.35. The summed E-state index contributed by atoms with van der Waals surface area (Å²) in [5.41, 5.74) is 2.90. The maximum absolute atomic E-state index is 12.8. The number of rotatable bonds is 5. The predicted octanol–water partition coefficient (Wildman–Crippen LogP) is 2.86. The molecular weight excluding hydrogens is 410 g/mol. The average Bonchev–Trinajstić information content (AvgIpc) is 3.29. The number of amides is 1. The number of H-pyrrole nitrogens is 1. The molecule has 1 aromatic heterocycles. The Balaban J connectivity index is 1.30. The topological polar surface area (TPSA) is 92.9 Å². The van der Waals surface area contributed by atoms with E-state index in [9.17, 15) is 9.59 Å². The third kappa shape index (κ3) is 4.37. The molecule has 2 aliphatic heterocycles. The molecule has 5 rings (SSSR count). The van der Waals surface area contributed by atoms with Gasteiger partial charge in [0.2, 0.25) is 6.79 Å². The van der Waals surface area contributed by atoms with Gasteiger partial charge in [0, 0.05) is 31.5 Å². The van der Waals surface area contributed by atoms with Crippen LogP contribution in [-0.2, 0) is 11.3 Å². The first-order chi connectivity index (χ1) is 15.7. The number of aromatic amines is 1. The van der Waals surface area contributed by atoms with Gasteiger partial charge in [-0.3, -0.25) is 14.5 Å². The number of nitrogens with one attached hydrogen (secondary N) is 2. The maximum Gasteiger partial charge on any atom is 0.261 e. The summed E-state index contributed by atoms with van der Waals surface area (Å²) in [4.78, 5) is 30.1. The Kier molecular flexibility index (Phi) is 5.62. The number of benzene rings is 2. The Hall–Kier alpha value is -3.62. The van der Waals surface area contributed by atoms with Crippen molar-refractivity contribution in [2.75, 3.05) is 38.4 Å². The highest BCUT2D eigenvalue weighted by atomic mass is 16.7. The van der Waals surface area contributed by atoms with E-state index in [0.29, 0.717) is 22.7 Å². The van der Waals surface area contributed by atoms with E-state index in [1.165, 1.54) is 0 Å². The first-order valence-corrected chi connectivity index (χ1v) is 10.5. The van der Waals surface area contributed by atoms with Crippen LogP contribution in [0.3, 0.4) is 0 Å². The van der Waals surface area contributed by atoms with Gasteiger partial charge in [0.15, 0.2) is 11.5 Å². The first-order valence-electron chi connectivity index (χ1n) is 10.5. The van der Waals surface area contributed by atoms with Gasteiger partial charge in [-0.1, -0.05) is 18.2 Å². The monoisotopic (exact) mass is 433 g/mol. The zero-order chi connectivity index (χ0) is 21.9. The number of nitrogens with zero attached hydrogens (tertiary/aromatic N) is 1. The van der Waals surface area contributed by atoms with Crippen LogP contribution >= 0.6 is 0 Å². The van der Waals surface area contributed by atoms with Crippen molar-refractivity contribution in [2.24, 2.45) is 0 Å². The number of ether oxygens (including phenoxy) is 3. The molecule has 2 aliphatic rings. The number of hydrogen-bond donors (Lipinski definition) is 2. The van der Waals surface area contributed by atoms with Gasteiger partial charge in [-0.15, -0.1) is 0 Å². The van der Waals surface area contributed by atoms with E-state index in [2.05, 4.69) is 15.2 Å². The maximum atomic E-state index is 12.8. The minimum atomic E-state index is -0.463. The molecule has 2 aromatic carbocycles. The van der Waals surface area contributed by atoms with Crippen LogP contribution < -0.4 is 20.3 Å². The van der Waals surface area contributed by atoms with Gasteiger partial charge in [-0.2, -0.15) is 0 Å². The number of carbonyl (C=O) groups excluding carboxylic acids is 1. The fourth-order valence-electron chi connectivity index (χ4n) is 3.80. The van der Waals surface area contributed by atoms with Gasteiger partial charge in [0.25, 0.3) is 11.5 Å². The molecule has 8 nitrogen and oxygen atoms in total. The number of fused-ring (bicyclic) bond motifs is 1. The van der Waals surface area contributed by atoms with Crippen molar-refractivity contribution in [2.45, 2.75) is 6.54 Å². The van der Waals surface area contributed by atoms with Crippen molar-refractivity contribution in [3.8, 4) is 22.6 Å². The van der Waals surface area contributed by atoms with Gasteiger partial charge in [-0.25, -0.2) is 0 Å². The minimum Gasteiger partial charge on any atom is -0.454 e. The summed E-state index contributed by atoms with van der Waals surface area (Å²) in [6.45, 7) is 4.38. The van der Waals surface area contributed by atoms with Crippen LogP contribution in [0.4, 0.5) is 5.69 Å². The molecule has 0 atom stereocenters. The summed E-state index contributed by atoms with van der Waals surface area (Å²) in [6.07, 6.45) is 1.58. The predicted molar refractivity (Wildman–Crippen MR) is 119 cm³/mol. The first kappa shape index (κ1) is 20.3. The van der Waals surface area contributed by atoms with Gasteiger partial charge < -0.3 is 24.5 Å². The molecule has 0 aliphatic carbocycles. The van der Waals surface area contributed by atoms with Crippen LogP contribution in [0.5, 0.6) is 11.5 Å². The van der Waals surface area contributed by atoms with E-state index in [1.54, 1.807) is 18.3 Å². The molecule has 3 heterocycles. The van der Waals surface area contributed by atoms with Gasteiger partial charge >= 0.3 is 0 Å². The van der Waals surface area contributed by atoms with Crippen molar-refractivity contribution in [3.63, 3.8) is 0 Å². The Labute approximate surface area is 184 Å². The van der Waals surface area contributed by atoms with E-state index >= 15 is 0 Å². The highest BCUT2D eigenvalue weighted by Gasteiger charge is 2.17. The smallest absolute Gasteiger partial charge is 0.261 e. The summed E-state index contributed by atoms with van der Waals surface area (Å²) >= 11 is 0. The molecule has 8 heteroatoms. The summed E-state index contributed by atoms with van der Waals surface area (Å²) in [5, 5.41) is 2.81. The highest BCUT2D eigenvalue weighted by molar-refractivity contribution is 6.04. The Morgan fingerprint density at radius 1 is 0.969 bits per heavy atom. The molecular formula is C24H23N3O5. The van der Waals surface area contributed by atoms with Crippen LogP contribution in [0, 0.1) is 0 Å². The number of morpholine rings is 1. The molecule has 2 N–H and O–H groups in total. The lowest BCUT2D eigenvalue weighted by Gasteiger charge is -2.26. The lowest BCUT2D eigenvalue weighted by atomic mass is 10.0. The van der Waals surface area contributed by atoms with Crippen LogP contribution in [0.1, 0.15) is 15.9 Å². The molecule has 0 spiro atoms. The molecule has 0 saturated carbocycles. The standard InChI is InChI=1S/C24H23N3O5/c28-23-20(11-18(13-25-23)17-3-6-21-22(12-17)32-15-31-21)24(29)26-19-4-1-16(2-5-19)14-27-7-9-30-10-8-27/h1-6,11-13H,7-10,14-15H2,(H,25,28)(H,26,29). The van der Waals surface area contributed by atoms with Crippen molar-refractivity contribution in [1.82, 2.24) is 9.88 Å². The van der Waals surface area contributed by atoms with E-state index in [4.69, 9.17) is 14.2 Å². The average molecular weight is 433 g/mol. The molecule has 1 fully saturated rings. The van der Waals surface area contributed by atoms with Crippen LogP contribution in [-0.4, -0.2) is 48.9 Å². The molecule has 0 bridgehead atoms. The molecule has 32 heavy (non-hydrogen) atoms. The Morgan fingerprint density at radius 3 is 2.56 bits per heavy atom. The molecule has 1 saturated heterocycles. The summed E-state index contributed by atoms with van der Waals surface area (Å²) in [6, 6.07) is 14.7. The second-order valence-corrected chi connectivity index (χ2v) is 7.74. The summed E-state index contributed by atoms with van der Waals surface area (Å²) in [7, 11) is 0. The molecule has 164 valence electrons. The number of aromatic nitrogens is 1. The van der Waals surface area contributed by atoms with Gasteiger partial charge in [-0.05, 0) is 47.0 Å². The normalized spacial score (nSPS) is 15.5. The van der Waals surface area contributed by atoms with Gasteiger partial charge in [0.1, 0.15) is 5.56 Å². The third-order valence-electron chi connectivity index (χ3n) is 5.58. The zero-order valence-corrected chi connectivity index (χ0v) is 17.4. The van der Waals surface area contributed by atoms with Crippen LogP contribution in [0.25, 0.3) is 11.1 Å². The largest absolute Gasteiger partial charge is 0.454 e. The fourth-order valence-corrected chi connectivity index (χ4v) is 3.80. The van der Waals surface area contributed by atoms with E-state index in [-0.39, 0.29) is 12.4 Å². The van der Waals surface area contributed by atoms with E-state index in [1.807, 2.05) is 36.4 Å². The Bertz CT molecular complexity index is 1180. The zero-order valence-electron chi connectivity index (χ0n) is 17.4. The number of anilines is 1. The quantitative estimate of drug-likeness (QED) is 0.643. The summed E-state index contributed by atoms with van der Waals surface area (Å²) < 4.78 is 16.1. The number of hydrogen-bond acceptors (Lipinski definition) is 6. The van der Waals surface area contributed by atoms with Crippen molar-refractivity contribution >= 4 is 11.6 Å². The molecule has 0 radical (unpaired) electrons. The summed E-state index contributed by atoms with van der Waals surface area (Å²) in [5.74, 6) is 0.847. The highest BCUT2D eigenvalue weighted by Crippen LogP contribution is 2.35. The van der Waals surface area contributed by atoms with Crippen molar-refractivity contribution < 1.29 is 19.0 Å². The minimum absolute atomic E-state index is 0.0394. The molecule has 0 unspecified atom stereocenters. The molecule has 3 aromatic rings. The Morgan fingerprint density at radius 2 is 1.75 bits per heavy atom. The molecule has 1 amide bonds. The number of pyridine rings is 1. The SMILES string of the molecule is O=C(Nc1ccc(CN2CCOCC2)cc1)c1cc(-c2ccc3c(c2)OCO3)c[nH]c1=O. The van der Waals surface area contributed by atoms with E-state index < -0.39 is 11.5 Å². The third-order valence-corrected chi connectivity index (χ3v) is 5.58. The van der Waals surface area contributed by atoms with Crippen LogP contribution in [0.15, 0.2) is 59.5 Å². The second kappa shape index (κ2) is 8.86. The van der Waals surface area contributed by atoms with Gasteiger partial charge in [0.05, 0.1) is 13.2 Å². The van der Waals surface area contributed by atoms with Crippen molar-refractivity contribution in [3.05, 3.63) is 76.2 Å². The van der Waals surface area contributed by atoms with E-state index in [0.717, 1.165) is 44.0 Å². The van der Waals surface area contributed by atoms with Crippen LogP contribution in [0.2, 0.25) is 0 Å². The fraction of sp³-hybridized carbons (Fsp3) is 0.250. The number of carbonyl (C=O) groups is 1. The van der Waals surface area contributed by atoms with Crippen molar-refractivity contribution in [1.29, 1.82) is 0 Å². The lowest BCUT2D eigenvalue weighted by molar-refractivity contribution is 0.0342.